The Morgan fingerprint density at radius 3 is 2.48 bits per heavy atom. The molecule has 0 bridgehead atoms. The van der Waals surface area contributed by atoms with Crippen LogP contribution in [0.1, 0.15) is 70.7 Å². The van der Waals surface area contributed by atoms with Crippen LogP contribution in [0.15, 0.2) is 24.4 Å². The van der Waals surface area contributed by atoms with Crippen LogP contribution in [0.3, 0.4) is 0 Å². The number of nitrogens with zero attached hydrogens (tertiary/aromatic N) is 1. The Morgan fingerprint density at radius 1 is 1.08 bits per heavy atom. The molecular formula is C19H19FN2O3. The van der Waals surface area contributed by atoms with Crippen LogP contribution < -0.4 is 5.32 Å². The predicted molar refractivity (Wildman–Crippen MR) is 88.4 cm³/mol. The molecule has 2 fully saturated rings. The first-order valence-corrected chi connectivity index (χ1v) is 8.67. The highest BCUT2D eigenvalue weighted by Gasteiger charge is 2.46. The zero-order valence-corrected chi connectivity index (χ0v) is 13.8. The largest absolute Gasteiger partial charge is 0.329 e. The summed E-state index contributed by atoms with van der Waals surface area (Å²) in [4.78, 5) is 39.0. The number of hydrogen-bond acceptors (Lipinski definition) is 3. The van der Waals surface area contributed by atoms with Gasteiger partial charge in [-0.1, -0.05) is 19.4 Å². The molecule has 3 amide bonds. The topological polar surface area (TPSA) is 66.5 Å². The minimum Gasteiger partial charge on any atom is -0.329 e. The van der Waals surface area contributed by atoms with E-state index in [1.54, 1.807) is 0 Å². The van der Waals surface area contributed by atoms with Gasteiger partial charge in [-0.2, -0.15) is 0 Å². The van der Waals surface area contributed by atoms with Gasteiger partial charge in [-0.15, -0.1) is 0 Å². The number of allylic oxidation sites excluding steroid dienone is 1. The van der Waals surface area contributed by atoms with Gasteiger partial charge in [0.15, 0.2) is 0 Å². The molecule has 1 aromatic carbocycles. The number of nitrogens with one attached hydrogen (secondary N) is 1. The number of carbonyl (C=O) groups excluding carboxylic acids is 3. The second kappa shape index (κ2) is 5.79. The zero-order chi connectivity index (χ0) is 17.7. The number of amides is 3. The van der Waals surface area contributed by atoms with Crippen LogP contribution in [-0.2, 0) is 4.79 Å². The van der Waals surface area contributed by atoms with E-state index in [0.717, 1.165) is 36.6 Å². The molecule has 0 radical (unpaired) electrons. The maximum Gasteiger partial charge on any atom is 0.262 e. The molecule has 0 aromatic heterocycles. The van der Waals surface area contributed by atoms with Gasteiger partial charge in [-0.25, -0.2) is 4.39 Å². The maximum absolute atomic E-state index is 14.1. The van der Waals surface area contributed by atoms with E-state index in [9.17, 15) is 18.8 Å². The molecule has 1 saturated heterocycles. The molecule has 1 atom stereocenters. The van der Waals surface area contributed by atoms with Crippen molar-refractivity contribution in [1.82, 2.24) is 10.2 Å². The van der Waals surface area contributed by atoms with Crippen LogP contribution in [0.5, 0.6) is 0 Å². The van der Waals surface area contributed by atoms with Crippen LogP contribution in [0.2, 0.25) is 0 Å². The zero-order valence-electron chi connectivity index (χ0n) is 13.8. The van der Waals surface area contributed by atoms with Crippen molar-refractivity contribution in [3.8, 4) is 0 Å². The summed E-state index contributed by atoms with van der Waals surface area (Å²) < 4.78 is 14.1. The lowest BCUT2D eigenvalue weighted by atomic mass is 9.90. The highest BCUT2D eigenvalue weighted by atomic mass is 19.1. The van der Waals surface area contributed by atoms with E-state index in [4.69, 9.17) is 0 Å². The van der Waals surface area contributed by atoms with E-state index in [2.05, 4.69) is 11.9 Å². The average Bonchev–Trinajstić information content (AvgIpc) is 3.17. The molecule has 2 heterocycles. The van der Waals surface area contributed by atoms with Gasteiger partial charge < -0.3 is 5.32 Å². The molecule has 3 aliphatic rings. The van der Waals surface area contributed by atoms with Crippen LogP contribution in [0, 0.1) is 5.82 Å². The number of carbonyl (C=O) groups is 3. The van der Waals surface area contributed by atoms with E-state index in [1.807, 2.05) is 0 Å². The molecule has 1 N–H and O–H groups in total. The quantitative estimate of drug-likeness (QED) is 0.841. The fourth-order valence-electron chi connectivity index (χ4n) is 4.23. The fraction of sp³-hybridized carbons (Fsp3) is 0.421. The van der Waals surface area contributed by atoms with Gasteiger partial charge in [0.2, 0.25) is 5.91 Å². The molecule has 130 valence electrons. The number of fused-ring (bicyclic) bond motifs is 1. The molecule has 1 unspecified atom stereocenters. The van der Waals surface area contributed by atoms with Gasteiger partial charge in [0.25, 0.3) is 11.8 Å². The van der Waals surface area contributed by atoms with Gasteiger partial charge in [0.05, 0.1) is 11.1 Å². The highest BCUT2D eigenvalue weighted by Crippen LogP contribution is 2.40. The second-order valence-electron chi connectivity index (χ2n) is 7.03. The summed E-state index contributed by atoms with van der Waals surface area (Å²) in [6.45, 7) is 3.71. The van der Waals surface area contributed by atoms with Crippen molar-refractivity contribution < 1.29 is 18.8 Å². The summed E-state index contributed by atoms with van der Waals surface area (Å²) in [7, 11) is 0. The van der Waals surface area contributed by atoms with E-state index in [1.165, 1.54) is 6.07 Å². The maximum atomic E-state index is 14.1. The monoisotopic (exact) mass is 342 g/mol. The molecule has 1 aliphatic carbocycles. The average molecular weight is 342 g/mol. The lowest BCUT2D eigenvalue weighted by molar-refractivity contribution is -0.125. The van der Waals surface area contributed by atoms with E-state index >= 15 is 0 Å². The van der Waals surface area contributed by atoms with Gasteiger partial charge in [0.1, 0.15) is 11.9 Å². The van der Waals surface area contributed by atoms with Gasteiger partial charge in [0, 0.05) is 5.70 Å². The Morgan fingerprint density at radius 2 is 1.80 bits per heavy atom. The van der Waals surface area contributed by atoms with E-state index in [0.29, 0.717) is 24.1 Å². The van der Waals surface area contributed by atoms with Crippen molar-refractivity contribution >= 4 is 17.7 Å². The number of hydrogen-bond donors (Lipinski definition) is 1. The van der Waals surface area contributed by atoms with Crippen molar-refractivity contribution in [2.24, 2.45) is 0 Å². The molecule has 5 nitrogen and oxygen atoms in total. The lowest BCUT2D eigenvalue weighted by Crippen LogP contribution is -2.51. The summed E-state index contributed by atoms with van der Waals surface area (Å²) in [5, 5.41) is 2.60. The predicted octanol–water partition coefficient (Wildman–Crippen LogP) is 2.87. The van der Waals surface area contributed by atoms with Crippen LogP contribution >= 0.6 is 0 Å². The molecule has 0 spiro atoms. The van der Waals surface area contributed by atoms with Crippen molar-refractivity contribution in [2.45, 2.75) is 50.5 Å². The lowest BCUT2D eigenvalue weighted by Gasteiger charge is -2.29. The first-order chi connectivity index (χ1) is 12.0. The Bertz CT molecular complexity index is 811. The van der Waals surface area contributed by atoms with Crippen LogP contribution in [0.4, 0.5) is 4.39 Å². The van der Waals surface area contributed by atoms with Crippen LogP contribution in [0.25, 0.3) is 0 Å². The third-order valence-electron chi connectivity index (χ3n) is 5.44. The van der Waals surface area contributed by atoms with Crippen LogP contribution in [-0.4, -0.2) is 28.7 Å². The molecular weight excluding hydrogens is 323 g/mol. The molecule has 6 heteroatoms. The number of benzene rings is 1. The molecule has 25 heavy (non-hydrogen) atoms. The van der Waals surface area contributed by atoms with Crippen molar-refractivity contribution in [3.05, 3.63) is 46.9 Å². The molecule has 1 saturated carbocycles. The van der Waals surface area contributed by atoms with Crippen molar-refractivity contribution in [2.75, 3.05) is 0 Å². The third-order valence-corrected chi connectivity index (χ3v) is 5.44. The number of piperidine rings is 1. The number of halogens is 1. The van der Waals surface area contributed by atoms with E-state index in [-0.39, 0.29) is 17.0 Å². The SMILES string of the molecule is C=C1CCC(N2C(=O)c3cc(F)cc(C4CCCC4)c3C2=O)C(=O)N1. The molecule has 1 aromatic rings. The van der Waals surface area contributed by atoms with Gasteiger partial charge in [-0.05, 0) is 49.3 Å². The highest BCUT2D eigenvalue weighted by molar-refractivity contribution is 6.23. The normalized spacial score (nSPS) is 24.0. The van der Waals surface area contributed by atoms with Gasteiger partial charge in [-0.3, -0.25) is 19.3 Å². The summed E-state index contributed by atoms with van der Waals surface area (Å²) in [5.41, 5.74) is 1.57. The summed E-state index contributed by atoms with van der Waals surface area (Å²) in [6.07, 6.45) is 4.71. The van der Waals surface area contributed by atoms with Gasteiger partial charge >= 0.3 is 0 Å². The first kappa shape index (κ1) is 16.0. The minimum atomic E-state index is -0.864. The number of imide groups is 1. The Labute approximate surface area is 144 Å². The Balaban J connectivity index is 1.76. The van der Waals surface area contributed by atoms with E-state index < -0.39 is 29.6 Å². The summed E-state index contributed by atoms with van der Waals surface area (Å²) in [5.74, 6) is -1.87. The van der Waals surface area contributed by atoms with Crippen molar-refractivity contribution in [1.29, 1.82) is 0 Å². The molecule has 4 rings (SSSR count). The first-order valence-electron chi connectivity index (χ1n) is 8.67. The fourth-order valence-corrected chi connectivity index (χ4v) is 4.23. The Hall–Kier alpha value is -2.50. The summed E-state index contributed by atoms with van der Waals surface area (Å²) in [6, 6.07) is 1.64. The summed E-state index contributed by atoms with van der Waals surface area (Å²) >= 11 is 0. The standard InChI is InChI=1S/C19H19FN2O3/c1-10-6-7-15(17(23)21-10)22-18(24)14-9-12(20)8-13(16(14)19(22)25)11-4-2-3-5-11/h8-9,11,15H,1-7H2,(H,21,23). The minimum absolute atomic E-state index is 0.0871. The number of rotatable bonds is 2. The smallest absolute Gasteiger partial charge is 0.262 e. The molecule has 2 aliphatic heterocycles. The second-order valence-corrected chi connectivity index (χ2v) is 7.03. The Kier molecular flexibility index (Phi) is 3.71. The van der Waals surface area contributed by atoms with Crippen molar-refractivity contribution in [3.63, 3.8) is 0 Å². The third kappa shape index (κ3) is 2.47.